The van der Waals surface area contributed by atoms with Gasteiger partial charge in [-0.25, -0.2) is 0 Å². The van der Waals surface area contributed by atoms with Crippen molar-refractivity contribution in [2.45, 2.75) is 32.7 Å². The minimum Gasteiger partial charge on any atom is -0.477 e. The summed E-state index contributed by atoms with van der Waals surface area (Å²) in [5.74, 6) is 0.905. The van der Waals surface area contributed by atoms with Crippen LogP contribution in [0.3, 0.4) is 0 Å². The molecule has 33 heavy (non-hydrogen) atoms. The largest absolute Gasteiger partial charge is 0.477 e. The number of piperidine rings is 1. The molecule has 1 N–H and O–H groups in total. The average molecular weight is 476 g/mol. The van der Waals surface area contributed by atoms with Gasteiger partial charge in [-0.05, 0) is 67.5 Å². The summed E-state index contributed by atoms with van der Waals surface area (Å²) in [6.45, 7) is 5.65. The Morgan fingerprint density at radius 3 is 2.70 bits per heavy atom. The van der Waals surface area contributed by atoms with Crippen molar-refractivity contribution >= 4 is 41.7 Å². The second kappa shape index (κ2) is 10.6. The minimum absolute atomic E-state index is 0.490. The third-order valence-electron chi connectivity index (χ3n) is 5.95. The number of fused-ring (bicyclic) bond motifs is 1. The number of aromatic nitrogens is 1. The van der Waals surface area contributed by atoms with E-state index in [1.165, 1.54) is 53.1 Å². The molecule has 0 aliphatic carbocycles. The van der Waals surface area contributed by atoms with Gasteiger partial charge in [-0.3, -0.25) is 9.88 Å². The van der Waals surface area contributed by atoms with E-state index in [-0.39, 0.29) is 0 Å². The molecule has 0 radical (unpaired) electrons. The zero-order chi connectivity index (χ0) is 22.5. The van der Waals surface area contributed by atoms with Crippen LogP contribution in [0.4, 0.5) is 11.4 Å². The Morgan fingerprint density at radius 2 is 1.88 bits per heavy atom. The van der Waals surface area contributed by atoms with E-state index < -0.39 is 0 Å². The molecule has 6 heteroatoms. The molecule has 1 aliphatic heterocycles. The van der Waals surface area contributed by atoms with Crippen LogP contribution in [0.25, 0.3) is 20.7 Å². The Bertz CT molecular complexity index is 1200. The molecular weight excluding hydrogens is 445 g/mol. The maximum atomic E-state index is 5.82. The van der Waals surface area contributed by atoms with E-state index in [1.807, 2.05) is 24.4 Å². The lowest BCUT2D eigenvalue weighted by Gasteiger charge is -2.26. The van der Waals surface area contributed by atoms with Crippen LogP contribution in [0.15, 0.2) is 66.9 Å². The molecule has 2 aromatic carbocycles. The summed E-state index contributed by atoms with van der Waals surface area (Å²) >= 11 is 1.79. The second-order valence-electron chi connectivity index (χ2n) is 8.47. The number of rotatable bonds is 8. The van der Waals surface area contributed by atoms with E-state index in [9.17, 15) is 0 Å². The van der Waals surface area contributed by atoms with Gasteiger partial charge in [-0.2, -0.15) is 0 Å². The maximum absolute atomic E-state index is 5.82. The van der Waals surface area contributed by atoms with Gasteiger partial charge in [0.05, 0.1) is 24.7 Å². The number of likely N-dealkylation sites (tertiary alicyclic amines) is 1. The van der Waals surface area contributed by atoms with E-state index in [1.54, 1.807) is 11.3 Å². The summed E-state index contributed by atoms with van der Waals surface area (Å²) in [4.78, 5) is 8.44. The van der Waals surface area contributed by atoms with Crippen LogP contribution in [0.2, 0.25) is 0 Å². The molecule has 1 atom stereocenters. The van der Waals surface area contributed by atoms with E-state index >= 15 is 0 Å². The van der Waals surface area contributed by atoms with Gasteiger partial charge in [0.1, 0.15) is 5.75 Å². The molecule has 1 fully saturated rings. The average Bonchev–Trinajstić information content (AvgIpc) is 3.30. The SMILES string of the molecule is CCPOc1cccc(Nc2ccnc3cc(-c4ccc(CN5CCCCC5)cc4)sc23)c1. The molecule has 2 aromatic heterocycles. The van der Waals surface area contributed by atoms with Crippen LogP contribution < -0.4 is 9.84 Å². The van der Waals surface area contributed by atoms with Crippen molar-refractivity contribution in [3.8, 4) is 16.2 Å². The van der Waals surface area contributed by atoms with Crippen molar-refractivity contribution in [2.24, 2.45) is 0 Å². The Morgan fingerprint density at radius 1 is 1.03 bits per heavy atom. The zero-order valence-electron chi connectivity index (χ0n) is 19.0. The van der Waals surface area contributed by atoms with Crippen LogP contribution in [-0.4, -0.2) is 29.1 Å². The van der Waals surface area contributed by atoms with Crippen molar-refractivity contribution in [3.63, 3.8) is 0 Å². The van der Waals surface area contributed by atoms with Gasteiger partial charge in [0, 0.05) is 29.4 Å². The molecule has 1 saturated heterocycles. The number of pyridine rings is 1. The molecule has 4 nitrogen and oxygen atoms in total. The zero-order valence-corrected chi connectivity index (χ0v) is 20.8. The van der Waals surface area contributed by atoms with Crippen LogP contribution in [-0.2, 0) is 6.54 Å². The Kier molecular flexibility index (Phi) is 7.21. The van der Waals surface area contributed by atoms with Gasteiger partial charge in [0.2, 0.25) is 0 Å². The predicted octanol–water partition coefficient (Wildman–Crippen LogP) is 7.69. The number of thiophene rings is 1. The summed E-state index contributed by atoms with van der Waals surface area (Å²) < 4.78 is 6.99. The lowest BCUT2D eigenvalue weighted by atomic mass is 10.1. The van der Waals surface area contributed by atoms with E-state index in [4.69, 9.17) is 4.52 Å². The molecule has 1 aliphatic rings. The molecule has 0 saturated carbocycles. The third kappa shape index (κ3) is 5.55. The molecule has 4 aromatic rings. The number of hydrogen-bond acceptors (Lipinski definition) is 5. The minimum atomic E-state index is 0.490. The maximum Gasteiger partial charge on any atom is 0.124 e. The molecule has 1 unspecified atom stereocenters. The highest BCUT2D eigenvalue weighted by molar-refractivity contribution is 7.32. The summed E-state index contributed by atoms with van der Waals surface area (Å²) in [6, 6.07) is 21.5. The Hall–Kier alpha value is -2.46. The van der Waals surface area contributed by atoms with Crippen molar-refractivity contribution in [1.82, 2.24) is 9.88 Å². The number of hydrogen-bond donors (Lipinski definition) is 1. The highest BCUT2D eigenvalue weighted by Crippen LogP contribution is 2.38. The third-order valence-corrected chi connectivity index (χ3v) is 7.83. The molecule has 5 rings (SSSR count). The van der Waals surface area contributed by atoms with Gasteiger partial charge in [-0.15, -0.1) is 11.3 Å². The molecule has 0 amide bonds. The summed E-state index contributed by atoms with van der Waals surface area (Å²) in [7, 11) is 0.490. The Balaban J connectivity index is 1.34. The number of nitrogens with one attached hydrogen (secondary N) is 1. The van der Waals surface area contributed by atoms with Crippen LogP contribution in [0, 0.1) is 0 Å². The lowest BCUT2D eigenvalue weighted by Crippen LogP contribution is -2.28. The van der Waals surface area contributed by atoms with Gasteiger partial charge in [0.15, 0.2) is 0 Å². The summed E-state index contributed by atoms with van der Waals surface area (Å²) in [6.07, 6.45) is 6.95. The van der Waals surface area contributed by atoms with E-state index in [0.29, 0.717) is 8.81 Å². The first kappa shape index (κ1) is 22.3. The lowest BCUT2D eigenvalue weighted by molar-refractivity contribution is 0.221. The highest BCUT2D eigenvalue weighted by atomic mass is 32.1. The Labute approximate surface area is 201 Å². The van der Waals surface area contributed by atoms with Crippen molar-refractivity contribution in [3.05, 3.63) is 72.4 Å². The standard InChI is InChI=1S/C27H30N3OPS/c1-2-32-31-23-8-6-7-22(17-23)29-24-13-14-28-25-18-26(33-27(24)25)21-11-9-20(10-12-21)19-30-15-4-3-5-16-30/h6-14,17-18,32H,2-5,15-16,19H2,1H3,(H,28,29). The fraction of sp³-hybridized carbons (Fsp3) is 0.296. The summed E-state index contributed by atoms with van der Waals surface area (Å²) in [5.41, 5.74) is 5.78. The van der Waals surface area contributed by atoms with E-state index in [2.05, 4.69) is 64.6 Å². The number of benzene rings is 2. The van der Waals surface area contributed by atoms with Crippen LogP contribution >= 0.6 is 20.1 Å². The fourth-order valence-corrected chi connectivity index (χ4v) is 5.80. The second-order valence-corrected chi connectivity index (χ2v) is 10.7. The number of anilines is 2. The van der Waals surface area contributed by atoms with Gasteiger partial charge >= 0.3 is 0 Å². The predicted molar refractivity (Wildman–Crippen MR) is 143 cm³/mol. The first-order chi connectivity index (χ1) is 16.3. The summed E-state index contributed by atoms with van der Waals surface area (Å²) in [5, 5.41) is 3.57. The molecular formula is C27H30N3OPS. The van der Waals surface area contributed by atoms with Gasteiger partial charge in [-0.1, -0.05) is 43.7 Å². The normalized spacial score (nSPS) is 14.8. The van der Waals surface area contributed by atoms with Crippen molar-refractivity contribution in [1.29, 1.82) is 0 Å². The van der Waals surface area contributed by atoms with Crippen molar-refractivity contribution < 1.29 is 4.52 Å². The monoisotopic (exact) mass is 475 g/mol. The number of nitrogens with zero attached hydrogens (tertiary/aromatic N) is 2. The van der Waals surface area contributed by atoms with Gasteiger partial charge < -0.3 is 9.84 Å². The topological polar surface area (TPSA) is 37.4 Å². The highest BCUT2D eigenvalue weighted by Gasteiger charge is 2.12. The smallest absolute Gasteiger partial charge is 0.124 e. The fourth-order valence-electron chi connectivity index (χ4n) is 4.28. The van der Waals surface area contributed by atoms with Crippen molar-refractivity contribution in [2.75, 3.05) is 24.6 Å². The first-order valence-corrected chi connectivity index (χ1v) is 13.7. The quantitative estimate of drug-likeness (QED) is 0.265. The van der Waals surface area contributed by atoms with E-state index in [0.717, 1.165) is 35.3 Å². The van der Waals surface area contributed by atoms with Gasteiger partial charge in [0.25, 0.3) is 0 Å². The van der Waals surface area contributed by atoms with Crippen LogP contribution in [0.5, 0.6) is 5.75 Å². The molecule has 0 spiro atoms. The molecule has 3 heterocycles. The molecule has 0 bridgehead atoms. The van der Waals surface area contributed by atoms with Crippen LogP contribution in [0.1, 0.15) is 31.7 Å². The first-order valence-electron chi connectivity index (χ1n) is 11.8. The molecule has 170 valence electrons.